The van der Waals surface area contributed by atoms with Gasteiger partial charge in [-0.1, -0.05) is 41.9 Å². The Morgan fingerprint density at radius 1 is 0.879 bits per heavy atom. The number of nitrogens with zero attached hydrogens (tertiary/aromatic N) is 1. The van der Waals surface area contributed by atoms with E-state index in [0.29, 0.717) is 16.5 Å². The first-order valence-electron chi connectivity index (χ1n) is 10.3. The van der Waals surface area contributed by atoms with Gasteiger partial charge in [0.1, 0.15) is 11.5 Å². The molecular weight excluding hydrogens is 442 g/mol. The molecule has 0 aliphatic carbocycles. The van der Waals surface area contributed by atoms with Crippen molar-refractivity contribution in [3.8, 4) is 11.5 Å². The number of ether oxygens (including phenoxy) is 2. The van der Waals surface area contributed by atoms with Gasteiger partial charge >= 0.3 is 0 Å². The molecule has 0 spiro atoms. The second kappa shape index (κ2) is 12.3. The maximum Gasteiger partial charge on any atom is 0.277 e. The summed E-state index contributed by atoms with van der Waals surface area (Å²) in [6, 6.07) is 23.3. The van der Waals surface area contributed by atoms with E-state index >= 15 is 0 Å². The molecule has 0 aliphatic heterocycles. The van der Waals surface area contributed by atoms with Gasteiger partial charge in [-0.05, 0) is 66.6 Å². The first-order valence-corrected chi connectivity index (χ1v) is 10.6. The molecule has 0 aliphatic rings. The van der Waals surface area contributed by atoms with Crippen molar-refractivity contribution < 1.29 is 19.1 Å². The maximum atomic E-state index is 12.1. The van der Waals surface area contributed by atoms with Crippen molar-refractivity contribution >= 4 is 29.6 Å². The van der Waals surface area contributed by atoms with E-state index in [-0.39, 0.29) is 25.2 Å². The smallest absolute Gasteiger partial charge is 0.277 e. The zero-order valence-corrected chi connectivity index (χ0v) is 18.8. The Hall–Kier alpha value is -3.84. The first-order chi connectivity index (χ1) is 16.0. The molecule has 2 amide bonds. The summed E-state index contributed by atoms with van der Waals surface area (Å²) >= 11 is 5.80. The van der Waals surface area contributed by atoms with Crippen molar-refractivity contribution in [1.29, 1.82) is 0 Å². The molecule has 2 N–H and O–H groups in total. The number of carbonyl (C=O) groups is 2. The van der Waals surface area contributed by atoms with Crippen LogP contribution in [0.2, 0.25) is 5.02 Å². The van der Waals surface area contributed by atoms with E-state index in [9.17, 15) is 9.59 Å². The zero-order valence-electron chi connectivity index (χ0n) is 18.0. The molecule has 0 radical (unpaired) electrons. The molecule has 0 aromatic heterocycles. The topological polar surface area (TPSA) is 89.0 Å². The van der Waals surface area contributed by atoms with Gasteiger partial charge in [0.05, 0.1) is 12.3 Å². The SMILES string of the molecule is C[C@@H](NC(=O)COc1ccc(/C=N\NC(=O)COc2ccc(Cl)cc2)cc1)c1ccccc1. The van der Waals surface area contributed by atoms with E-state index in [1.54, 1.807) is 48.5 Å². The lowest BCUT2D eigenvalue weighted by atomic mass is 10.1. The van der Waals surface area contributed by atoms with Gasteiger partial charge in [-0.25, -0.2) is 5.43 Å². The second-order valence-corrected chi connectivity index (χ2v) is 7.53. The van der Waals surface area contributed by atoms with Crippen molar-refractivity contribution in [1.82, 2.24) is 10.7 Å². The summed E-state index contributed by atoms with van der Waals surface area (Å²) in [5.74, 6) is 0.491. The fourth-order valence-corrected chi connectivity index (χ4v) is 2.92. The Morgan fingerprint density at radius 2 is 1.45 bits per heavy atom. The molecule has 0 saturated carbocycles. The Balaban J connectivity index is 1.37. The molecule has 3 rings (SSSR count). The Kier molecular flexibility index (Phi) is 8.85. The highest BCUT2D eigenvalue weighted by Gasteiger charge is 2.09. The molecule has 1 atom stereocenters. The van der Waals surface area contributed by atoms with Gasteiger partial charge in [-0.3, -0.25) is 9.59 Å². The van der Waals surface area contributed by atoms with Crippen LogP contribution in [0.5, 0.6) is 11.5 Å². The summed E-state index contributed by atoms with van der Waals surface area (Å²) in [6.07, 6.45) is 1.50. The van der Waals surface area contributed by atoms with Gasteiger partial charge in [-0.15, -0.1) is 0 Å². The molecular formula is C25H24ClN3O4. The average molecular weight is 466 g/mol. The minimum Gasteiger partial charge on any atom is -0.484 e. The van der Waals surface area contributed by atoms with Crippen LogP contribution in [0.25, 0.3) is 0 Å². The summed E-state index contributed by atoms with van der Waals surface area (Å²) in [4.78, 5) is 23.9. The minimum absolute atomic E-state index is 0.0890. The van der Waals surface area contributed by atoms with Crippen molar-refractivity contribution in [2.24, 2.45) is 5.10 Å². The predicted octanol–water partition coefficient (Wildman–Crippen LogP) is 4.13. The van der Waals surface area contributed by atoms with Crippen LogP contribution in [0, 0.1) is 0 Å². The summed E-state index contributed by atoms with van der Waals surface area (Å²) in [7, 11) is 0. The minimum atomic E-state index is -0.392. The third kappa shape index (κ3) is 8.31. The summed E-state index contributed by atoms with van der Waals surface area (Å²) in [5.41, 5.74) is 4.17. The number of hydrogen-bond donors (Lipinski definition) is 2. The molecule has 0 fully saturated rings. The van der Waals surface area contributed by atoms with Gasteiger partial charge in [0.2, 0.25) is 0 Å². The molecule has 0 saturated heterocycles. The van der Waals surface area contributed by atoms with Crippen molar-refractivity contribution in [3.63, 3.8) is 0 Å². The highest BCUT2D eigenvalue weighted by Crippen LogP contribution is 2.15. The summed E-state index contributed by atoms with van der Waals surface area (Å²) in [5, 5.41) is 7.39. The number of halogens is 1. The van der Waals surface area contributed by atoms with Gasteiger partial charge in [0.25, 0.3) is 11.8 Å². The van der Waals surface area contributed by atoms with Gasteiger partial charge < -0.3 is 14.8 Å². The molecule has 0 bridgehead atoms. The Morgan fingerprint density at radius 3 is 2.09 bits per heavy atom. The lowest BCUT2D eigenvalue weighted by Gasteiger charge is -2.14. The predicted molar refractivity (Wildman–Crippen MR) is 128 cm³/mol. The van der Waals surface area contributed by atoms with Crippen LogP contribution in [-0.2, 0) is 9.59 Å². The van der Waals surface area contributed by atoms with Gasteiger partial charge in [0.15, 0.2) is 13.2 Å². The van der Waals surface area contributed by atoms with Crippen LogP contribution in [0.3, 0.4) is 0 Å². The van der Waals surface area contributed by atoms with E-state index in [1.165, 1.54) is 6.21 Å². The number of benzene rings is 3. The molecule has 170 valence electrons. The maximum absolute atomic E-state index is 12.1. The van der Waals surface area contributed by atoms with E-state index in [1.807, 2.05) is 37.3 Å². The van der Waals surface area contributed by atoms with E-state index in [4.69, 9.17) is 21.1 Å². The normalized spacial score (nSPS) is 11.6. The van der Waals surface area contributed by atoms with Gasteiger partial charge in [-0.2, -0.15) is 5.10 Å². The number of carbonyl (C=O) groups excluding carboxylic acids is 2. The second-order valence-electron chi connectivity index (χ2n) is 7.09. The lowest BCUT2D eigenvalue weighted by molar-refractivity contribution is -0.124. The third-order valence-electron chi connectivity index (χ3n) is 4.51. The standard InChI is InChI=1S/C25H24ClN3O4/c1-18(20-5-3-2-4-6-20)28-24(30)16-32-22-11-7-19(8-12-22)15-27-29-25(31)17-33-23-13-9-21(26)10-14-23/h2-15,18H,16-17H2,1H3,(H,28,30)(H,29,31)/b27-15-/t18-/m1/s1. The Bertz CT molecular complexity index is 1070. The van der Waals surface area contributed by atoms with Crippen LogP contribution in [0.1, 0.15) is 24.1 Å². The van der Waals surface area contributed by atoms with Crippen molar-refractivity contribution in [2.75, 3.05) is 13.2 Å². The molecule has 33 heavy (non-hydrogen) atoms. The monoisotopic (exact) mass is 465 g/mol. The van der Waals surface area contributed by atoms with E-state index in [0.717, 1.165) is 11.1 Å². The van der Waals surface area contributed by atoms with Crippen LogP contribution >= 0.6 is 11.6 Å². The first kappa shape index (κ1) is 23.8. The average Bonchev–Trinajstić information content (AvgIpc) is 2.84. The molecule has 0 heterocycles. The van der Waals surface area contributed by atoms with E-state index in [2.05, 4.69) is 15.8 Å². The number of hydrogen-bond acceptors (Lipinski definition) is 5. The third-order valence-corrected chi connectivity index (χ3v) is 4.77. The fourth-order valence-electron chi connectivity index (χ4n) is 2.80. The quantitative estimate of drug-likeness (QED) is 0.348. The molecule has 0 unspecified atom stereocenters. The van der Waals surface area contributed by atoms with Crippen LogP contribution < -0.4 is 20.2 Å². The largest absolute Gasteiger partial charge is 0.484 e. The van der Waals surface area contributed by atoms with Crippen molar-refractivity contribution in [2.45, 2.75) is 13.0 Å². The number of nitrogens with one attached hydrogen (secondary N) is 2. The zero-order chi connectivity index (χ0) is 23.5. The summed E-state index contributed by atoms with van der Waals surface area (Å²) in [6.45, 7) is 1.66. The van der Waals surface area contributed by atoms with Crippen LogP contribution in [-0.4, -0.2) is 31.2 Å². The van der Waals surface area contributed by atoms with Crippen LogP contribution in [0.15, 0.2) is 84.0 Å². The fraction of sp³-hybridized carbons (Fsp3) is 0.160. The van der Waals surface area contributed by atoms with Crippen LogP contribution in [0.4, 0.5) is 0 Å². The highest BCUT2D eigenvalue weighted by atomic mass is 35.5. The lowest BCUT2D eigenvalue weighted by Crippen LogP contribution is -2.31. The number of hydrazone groups is 1. The van der Waals surface area contributed by atoms with E-state index < -0.39 is 5.91 Å². The van der Waals surface area contributed by atoms with Gasteiger partial charge in [0, 0.05) is 5.02 Å². The summed E-state index contributed by atoms with van der Waals surface area (Å²) < 4.78 is 10.9. The molecule has 8 heteroatoms. The molecule has 3 aromatic carbocycles. The Labute approximate surface area is 197 Å². The number of amides is 2. The highest BCUT2D eigenvalue weighted by molar-refractivity contribution is 6.30. The van der Waals surface area contributed by atoms with Crippen molar-refractivity contribution in [3.05, 3.63) is 95.0 Å². The molecule has 7 nitrogen and oxygen atoms in total. The number of rotatable bonds is 10. The molecule has 3 aromatic rings.